The molecule has 0 fully saturated rings. The summed E-state index contributed by atoms with van der Waals surface area (Å²) in [6, 6.07) is 8.40. The van der Waals surface area contributed by atoms with E-state index in [-0.39, 0.29) is 10.9 Å². The van der Waals surface area contributed by atoms with Gasteiger partial charge in [-0.05, 0) is 23.6 Å². The summed E-state index contributed by atoms with van der Waals surface area (Å²) in [4.78, 5) is 12.6. The van der Waals surface area contributed by atoms with Crippen LogP contribution in [0.3, 0.4) is 0 Å². The molecule has 9 heteroatoms. The van der Waals surface area contributed by atoms with E-state index < -0.39 is 9.96 Å². The summed E-state index contributed by atoms with van der Waals surface area (Å²) in [6.07, 6.45) is -0.997. The van der Waals surface area contributed by atoms with Crippen molar-refractivity contribution in [3.63, 3.8) is 0 Å². The minimum Gasteiger partial charge on any atom is -0.361 e. The molecule has 0 unspecified atom stereocenters. The maximum atomic E-state index is 12.1. The highest BCUT2D eigenvalue weighted by Gasteiger charge is 2.34. The van der Waals surface area contributed by atoms with Crippen molar-refractivity contribution in [3.8, 4) is 0 Å². The van der Waals surface area contributed by atoms with Gasteiger partial charge in [0.05, 0.1) is 20.6 Å². The van der Waals surface area contributed by atoms with Crippen LogP contribution in [0.2, 0.25) is 10.0 Å². The smallest absolute Gasteiger partial charge is 0.263 e. The fraction of sp³-hybridized carbons (Fsp3) is 0.154. The van der Waals surface area contributed by atoms with Crippen molar-refractivity contribution in [2.75, 3.05) is 5.32 Å². The van der Waals surface area contributed by atoms with E-state index in [1.165, 1.54) is 11.3 Å². The summed E-state index contributed by atoms with van der Waals surface area (Å²) < 4.78 is -1.79. The van der Waals surface area contributed by atoms with Gasteiger partial charge < -0.3 is 10.6 Å². The number of anilines is 1. The summed E-state index contributed by atoms with van der Waals surface area (Å²) >= 11 is 31.1. The van der Waals surface area contributed by atoms with Gasteiger partial charge >= 0.3 is 0 Å². The zero-order valence-electron chi connectivity index (χ0n) is 10.7. The molecule has 2 aromatic rings. The summed E-state index contributed by atoms with van der Waals surface area (Å²) in [5.74, 6) is -0.364. The number of nitrogens with one attached hydrogen (secondary N) is 2. The monoisotopic (exact) mass is 416 g/mol. The van der Waals surface area contributed by atoms with Crippen LogP contribution in [-0.4, -0.2) is 15.9 Å². The van der Waals surface area contributed by atoms with Crippen molar-refractivity contribution in [1.29, 1.82) is 0 Å². The van der Waals surface area contributed by atoms with Gasteiger partial charge in [0.2, 0.25) is 3.79 Å². The second-order valence-corrected chi connectivity index (χ2v) is 8.27. The summed E-state index contributed by atoms with van der Waals surface area (Å²) in [5, 5.41) is 7.90. The lowest BCUT2D eigenvalue weighted by Crippen LogP contribution is -2.49. The lowest BCUT2D eigenvalue weighted by atomic mass is 10.3. The molecule has 1 aromatic heterocycles. The van der Waals surface area contributed by atoms with E-state index in [1.807, 2.05) is 0 Å². The Hall–Kier alpha value is -0.360. The molecule has 1 amide bonds. The first-order valence-electron chi connectivity index (χ1n) is 5.90. The molecule has 0 aliphatic carbocycles. The fourth-order valence-electron chi connectivity index (χ4n) is 1.58. The van der Waals surface area contributed by atoms with Gasteiger partial charge in [0.15, 0.2) is 0 Å². The van der Waals surface area contributed by atoms with Gasteiger partial charge in [-0.2, -0.15) is 0 Å². The third-order valence-electron chi connectivity index (χ3n) is 2.60. The number of halogens is 5. The first-order chi connectivity index (χ1) is 10.3. The number of benzene rings is 1. The molecule has 0 spiro atoms. The molecular weight excluding hydrogens is 409 g/mol. The third kappa shape index (κ3) is 4.57. The van der Waals surface area contributed by atoms with Crippen molar-refractivity contribution < 1.29 is 4.79 Å². The molecule has 1 atom stereocenters. The van der Waals surface area contributed by atoms with Crippen LogP contribution in [0, 0.1) is 0 Å². The highest BCUT2D eigenvalue weighted by Crippen LogP contribution is 2.35. The van der Waals surface area contributed by atoms with Crippen molar-refractivity contribution >= 4 is 80.9 Å². The van der Waals surface area contributed by atoms with Gasteiger partial charge in [-0.15, -0.1) is 11.3 Å². The van der Waals surface area contributed by atoms with E-state index in [4.69, 9.17) is 58.0 Å². The van der Waals surface area contributed by atoms with Crippen LogP contribution < -0.4 is 10.6 Å². The van der Waals surface area contributed by atoms with E-state index in [1.54, 1.807) is 35.7 Å². The zero-order chi connectivity index (χ0) is 16.3. The molecule has 2 N–H and O–H groups in total. The van der Waals surface area contributed by atoms with E-state index in [0.717, 1.165) is 0 Å². The Kier molecular flexibility index (Phi) is 6.11. The second kappa shape index (κ2) is 7.47. The maximum Gasteiger partial charge on any atom is 0.263 e. The third-order valence-corrected chi connectivity index (χ3v) is 4.94. The Labute approximate surface area is 156 Å². The Morgan fingerprint density at radius 2 is 1.86 bits per heavy atom. The summed E-state index contributed by atoms with van der Waals surface area (Å²) in [5.41, 5.74) is 0.442. The molecule has 0 aliphatic heterocycles. The van der Waals surface area contributed by atoms with Crippen molar-refractivity contribution in [2.45, 2.75) is 9.96 Å². The van der Waals surface area contributed by atoms with E-state index in [9.17, 15) is 4.79 Å². The minimum atomic E-state index is -1.79. The largest absolute Gasteiger partial charge is 0.361 e. The van der Waals surface area contributed by atoms with Crippen LogP contribution in [0.5, 0.6) is 0 Å². The van der Waals surface area contributed by atoms with Gasteiger partial charge in [0.25, 0.3) is 5.91 Å². The first kappa shape index (κ1) is 18.0. The van der Waals surface area contributed by atoms with Crippen LogP contribution in [0.1, 0.15) is 9.67 Å². The van der Waals surface area contributed by atoms with Crippen LogP contribution in [-0.2, 0) is 0 Å². The van der Waals surface area contributed by atoms with Crippen molar-refractivity contribution in [2.24, 2.45) is 0 Å². The highest BCUT2D eigenvalue weighted by atomic mass is 35.6. The fourth-order valence-corrected chi connectivity index (χ4v) is 2.89. The van der Waals surface area contributed by atoms with Gasteiger partial charge in [-0.25, -0.2) is 0 Å². The summed E-state index contributed by atoms with van der Waals surface area (Å²) in [6.45, 7) is 0. The molecular formula is C13H9Cl5N2OS. The molecule has 2 rings (SSSR count). The van der Waals surface area contributed by atoms with E-state index in [0.29, 0.717) is 15.6 Å². The first-order valence-corrected chi connectivity index (χ1v) is 8.67. The quantitative estimate of drug-likeness (QED) is 0.502. The number of carbonyl (C=O) groups is 1. The lowest BCUT2D eigenvalue weighted by molar-refractivity contribution is 0.0946. The number of rotatable bonds is 4. The molecule has 0 saturated heterocycles. The van der Waals surface area contributed by atoms with Gasteiger partial charge in [-0.3, -0.25) is 4.79 Å². The van der Waals surface area contributed by atoms with Crippen LogP contribution in [0.4, 0.5) is 5.69 Å². The standard InChI is InChI=1S/C13H9Cl5N2OS/c14-7-3-1-4-8(10(7)15)19-12(13(16,17)18)20-11(21)9-5-2-6-22-9/h1-6,12,19H,(H,20,21)/t12-/m1/s1. The number of alkyl halides is 3. The SMILES string of the molecule is O=C(N[C@@H](Nc1cccc(Cl)c1Cl)C(Cl)(Cl)Cl)c1cccs1. The molecule has 0 bridgehead atoms. The Bertz CT molecular complexity index is 657. The molecule has 0 saturated carbocycles. The normalized spacial score (nSPS) is 12.8. The number of carbonyl (C=O) groups excluding carboxylic acids is 1. The Morgan fingerprint density at radius 1 is 1.14 bits per heavy atom. The van der Waals surface area contributed by atoms with E-state index >= 15 is 0 Å². The number of hydrogen-bond donors (Lipinski definition) is 2. The average molecular weight is 419 g/mol. The van der Waals surface area contributed by atoms with Crippen molar-refractivity contribution in [3.05, 3.63) is 50.6 Å². The highest BCUT2D eigenvalue weighted by molar-refractivity contribution is 7.12. The molecule has 3 nitrogen and oxygen atoms in total. The van der Waals surface area contributed by atoms with Crippen molar-refractivity contribution in [1.82, 2.24) is 5.32 Å². The average Bonchev–Trinajstić information content (AvgIpc) is 2.96. The predicted octanol–water partition coefficient (Wildman–Crippen LogP) is 5.59. The van der Waals surface area contributed by atoms with Gasteiger partial charge in [0, 0.05) is 0 Å². The molecule has 1 aromatic carbocycles. The molecule has 22 heavy (non-hydrogen) atoms. The second-order valence-electron chi connectivity index (χ2n) is 4.17. The summed E-state index contributed by atoms with van der Waals surface area (Å²) in [7, 11) is 0. The molecule has 0 radical (unpaired) electrons. The Morgan fingerprint density at radius 3 is 2.45 bits per heavy atom. The van der Waals surface area contributed by atoms with Gasteiger partial charge in [-0.1, -0.05) is 70.1 Å². The minimum absolute atomic E-state index is 0.272. The number of hydrogen-bond acceptors (Lipinski definition) is 3. The van der Waals surface area contributed by atoms with Crippen LogP contribution in [0.15, 0.2) is 35.7 Å². The van der Waals surface area contributed by atoms with Gasteiger partial charge in [0.1, 0.15) is 6.17 Å². The Balaban J connectivity index is 2.20. The lowest BCUT2D eigenvalue weighted by Gasteiger charge is -2.27. The number of amides is 1. The molecule has 0 aliphatic rings. The number of thiophene rings is 1. The van der Waals surface area contributed by atoms with Crippen LogP contribution >= 0.6 is 69.3 Å². The predicted molar refractivity (Wildman–Crippen MR) is 95.9 cm³/mol. The topological polar surface area (TPSA) is 41.1 Å². The maximum absolute atomic E-state index is 12.1. The van der Waals surface area contributed by atoms with E-state index in [2.05, 4.69) is 10.6 Å². The molecule has 118 valence electrons. The van der Waals surface area contributed by atoms with Crippen LogP contribution in [0.25, 0.3) is 0 Å². The molecule has 1 heterocycles. The zero-order valence-corrected chi connectivity index (χ0v) is 15.3.